The van der Waals surface area contributed by atoms with E-state index in [2.05, 4.69) is 20.7 Å². The number of hydrogen-bond donors (Lipinski definition) is 2. The van der Waals surface area contributed by atoms with Gasteiger partial charge in [-0.15, -0.1) is 11.3 Å². The van der Waals surface area contributed by atoms with Crippen LogP contribution in [0.4, 0.5) is 20.9 Å². The normalized spacial score (nSPS) is 13.5. The van der Waals surface area contributed by atoms with Gasteiger partial charge in [0.15, 0.2) is 5.13 Å². The van der Waals surface area contributed by atoms with E-state index in [-0.39, 0.29) is 41.1 Å². The summed E-state index contributed by atoms with van der Waals surface area (Å²) >= 11 is 7.29. The number of aromatic nitrogens is 1. The molecule has 174 valence electrons. The second kappa shape index (κ2) is 9.70. The van der Waals surface area contributed by atoms with E-state index in [9.17, 15) is 18.8 Å². The summed E-state index contributed by atoms with van der Waals surface area (Å²) in [6.07, 6.45) is 0.297. The maximum absolute atomic E-state index is 14.5. The Balaban J connectivity index is 1.50. The number of carbonyl (C=O) groups is 3. The first-order chi connectivity index (χ1) is 16.2. The molecule has 0 unspecified atom stereocenters. The Morgan fingerprint density at radius 2 is 1.94 bits per heavy atom. The molecule has 0 saturated carbocycles. The summed E-state index contributed by atoms with van der Waals surface area (Å²) in [6.45, 7) is 3.18. The average molecular weight is 500 g/mol. The maximum Gasteiger partial charge on any atom is 0.273 e. The number of hydrogen-bond acceptors (Lipinski definition) is 6. The van der Waals surface area contributed by atoms with E-state index >= 15 is 0 Å². The minimum Gasteiger partial charge on any atom is -0.326 e. The molecular weight excluding hydrogens is 481 g/mol. The molecule has 0 saturated heterocycles. The first kappa shape index (κ1) is 23.5. The molecule has 3 amide bonds. The van der Waals surface area contributed by atoms with Crippen LogP contribution in [0, 0.1) is 12.7 Å². The van der Waals surface area contributed by atoms with Gasteiger partial charge in [0, 0.05) is 41.4 Å². The van der Waals surface area contributed by atoms with E-state index in [0.717, 1.165) is 16.9 Å². The number of amides is 3. The monoisotopic (exact) mass is 499 g/mol. The van der Waals surface area contributed by atoms with E-state index in [1.54, 1.807) is 29.6 Å². The van der Waals surface area contributed by atoms with Gasteiger partial charge in [-0.05, 0) is 42.8 Å². The quantitative estimate of drug-likeness (QED) is 0.516. The highest BCUT2D eigenvalue weighted by molar-refractivity contribution is 7.14. The molecule has 1 aromatic heterocycles. The second-order valence-electron chi connectivity index (χ2n) is 7.55. The van der Waals surface area contributed by atoms with Crippen LogP contribution in [0.3, 0.4) is 0 Å². The van der Waals surface area contributed by atoms with Gasteiger partial charge >= 0.3 is 0 Å². The number of thiazole rings is 1. The molecule has 0 spiro atoms. The van der Waals surface area contributed by atoms with Gasteiger partial charge in [0.2, 0.25) is 11.8 Å². The van der Waals surface area contributed by atoms with E-state index in [4.69, 9.17) is 11.6 Å². The Bertz CT molecular complexity index is 1340. The summed E-state index contributed by atoms with van der Waals surface area (Å²) in [5.74, 6) is -1.61. The molecular formula is C23H19ClFN5O3S. The molecule has 2 heterocycles. The Morgan fingerprint density at radius 1 is 1.15 bits per heavy atom. The largest absolute Gasteiger partial charge is 0.326 e. The van der Waals surface area contributed by atoms with Gasteiger partial charge < -0.3 is 5.32 Å². The highest BCUT2D eigenvalue weighted by Gasteiger charge is 2.26. The predicted octanol–water partition coefficient (Wildman–Crippen LogP) is 4.99. The first-order valence-corrected chi connectivity index (χ1v) is 11.5. The molecule has 2 aromatic carbocycles. The van der Waals surface area contributed by atoms with Crippen LogP contribution in [0.15, 0.2) is 46.9 Å². The second-order valence-corrected chi connectivity index (χ2v) is 8.82. The summed E-state index contributed by atoms with van der Waals surface area (Å²) in [4.78, 5) is 40.6. The SMILES string of the molecule is CC(=O)Nc1ccc(-c2csc(NC(=O)C3=NN(c4ccc(C)c(Cl)c4)C(=O)CC3)n2)c(F)c1. The number of hydrazone groups is 1. The van der Waals surface area contributed by atoms with Crippen molar-refractivity contribution in [2.75, 3.05) is 15.6 Å². The minimum absolute atomic E-state index is 0.118. The fraction of sp³-hybridized carbons (Fsp3) is 0.174. The number of aryl methyl sites for hydroxylation is 1. The van der Waals surface area contributed by atoms with Crippen molar-refractivity contribution in [2.45, 2.75) is 26.7 Å². The van der Waals surface area contributed by atoms with Gasteiger partial charge in [-0.2, -0.15) is 5.10 Å². The lowest BCUT2D eigenvalue weighted by Crippen LogP contribution is -2.36. The third-order valence-corrected chi connectivity index (χ3v) is 6.15. The number of rotatable bonds is 5. The molecule has 0 fully saturated rings. The van der Waals surface area contributed by atoms with Crippen LogP contribution in [-0.4, -0.2) is 28.4 Å². The zero-order valence-electron chi connectivity index (χ0n) is 18.2. The fourth-order valence-electron chi connectivity index (χ4n) is 3.26. The first-order valence-electron chi connectivity index (χ1n) is 10.2. The number of benzene rings is 2. The smallest absolute Gasteiger partial charge is 0.273 e. The molecule has 1 aliphatic heterocycles. The molecule has 34 heavy (non-hydrogen) atoms. The number of carbonyl (C=O) groups excluding carboxylic acids is 3. The average Bonchev–Trinajstić information content (AvgIpc) is 3.23. The highest BCUT2D eigenvalue weighted by Crippen LogP contribution is 2.29. The summed E-state index contributed by atoms with van der Waals surface area (Å²) in [5.41, 5.74) is 2.40. The summed E-state index contributed by atoms with van der Waals surface area (Å²) in [6, 6.07) is 9.38. The van der Waals surface area contributed by atoms with E-state index in [1.807, 2.05) is 6.92 Å². The van der Waals surface area contributed by atoms with Crippen molar-refractivity contribution in [1.82, 2.24) is 4.98 Å². The molecule has 0 bridgehead atoms. The van der Waals surface area contributed by atoms with Crippen LogP contribution >= 0.6 is 22.9 Å². The molecule has 3 aromatic rings. The van der Waals surface area contributed by atoms with E-state index < -0.39 is 11.7 Å². The van der Waals surface area contributed by atoms with Crippen LogP contribution < -0.4 is 15.6 Å². The van der Waals surface area contributed by atoms with Crippen molar-refractivity contribution < 1.29 is 18.8 Å². The lowest BCUT2D eigenvalue weighted by molar-refractivity contribution is -0.119. The van der Waals surface area contributed by atoms with E-state index in [1.165, 1.54) is 24.1 Å². The van der Waals surface area contributed by atoms with E-state index in [0.29, 0.717) is 22.1 Å². The third-order valence-electron chi connectivity index (χ3n) is 4.98. The van der Waals surface area contributed by atoms with Crippen molar-refractivity contribution in [3.63, 3.8) is 0 Å². The van der Waals surface area contributed by atoms with Crippen LogP contribution in [0.5, 0.6) is 0 Å². The predicted molar refractivity (Wildman–Crippen MR) is 131 cm³/mol. The molecule has 0 radical (unpaired) electrons. The van der Waals surface area contributed by atoms with Crippen molar-refractivity contribution in [3.05, 3.63) is 58.2 Å². The fourth-order valence-corrected chi connectivity index (χ4v) is 4.14. The lowest BCUT2D eigenvalue weighted by Gasteiger charge is -2.23. The lowest BCUT2D eigenvalue weighted by atomic mass is 10.1. The molecule has 0 atom stereocenters. The molecule has 1 aliphatic rings. The summed E-state index contributed by atoms with van der Waals surface area (Å²) in [5, 5.41) is 12.9. The molecule has 4 rings (SSSR count). The van der Waals surface area contributed by atoms with Crippen molar-refractivity contribution in [1.29, 1.82) is 0 Å². The summed E-state index contributed by atoms with van der Waals surface area (Å²) in [7, 11) is 0. The third kappa shape index (κ3) is 5.13. The highest BCUT2D eigenvalue weighted by atomic mass is 35.5. The van der Waals surface area contributed by atoms with Gasteiger partial charge in [-0.1, -0.05) is 17.7 Å². The number of anilines is 3. The van der Waals surface area contributed by atoms with Crippen LogP contribution in [0.2, 0.25) is 5.02 Å². The standard InChI is InChI=1S/C23H19ClFN5O3S/c1-12-3-5-15(10-17(12)24)30-21(32)8-7-19(29-30)22(33)28-23-27-20(11-34-23)16-6-4-14(9-18(16)25)26-13(2)31/h3-6,9-11H,7-8H2,1-2H3,(H,26,31)(H,27,28,33). The zero-order valence-corrected chi connectivity index (χ0v) is 19.8. The van der Waals surface area contributed by atoms with Crippen molar-refractivity contribution in [2.24, 2.45) is 5.10 Å². The Hall–Kier alpha value is -3.63. The Morgan fingerprint density at radius 3 is 2.65 bits per heavy atom. The van der Waals surface area contributed by atoms with Crippen LogP contribution in [0.1, 0.15) is 25.3 Å². The number of halogens is 2. The van der Waals surface area contributed by atoms with Gasteiger partial charge in [0.25, 0.3) is 5.91 Å². The zero-order chi connectivity index (χ0) is 24.4. The molecule has 2 N–H and O–H groups in total. The topological polar surface area (TPSA) is 104 Å². The van der Waals surface area contributed by atoms with Crippen molar-refractivity contribution in [3.8, 4) is 11.3 Å². The Kier molecular flexibility index (Phi) is 6.71. The molecule has 0 aliphatic carbocycles. The minimum atomic E-state index is -0.558. The molecule has 8 nitrogen and oxygen atoms in total. The summed E-state index contributed by atoms with van der Waals surface area (Å²) < 4.78 is 14.5. The Labute approximate surface area is 203 Å². The number of nitrogens with zero attached hydrogens (tertiary/aromatic N) is 3. The van der Waals surface area contributed by atoms with Gasteiger partial charge in [0.05, 0.1) is 11.4 Å². The van der Waals surface area contributed by atoms with Crippen LogP contribution in [-0.2, 0) is 14.4 Å². The van der Waals surface area contributed by atoms with Crippen LogP contribution in [0.25, 0.3) is 11.3 Å². The number of nitrogens with one attached hydrogen (secondary N) is 2. The van der Waals surface area contributed by atoms with Gasteiger partial charge in [0.1, 0.15) is 11.5 Å². The van der Waals surface area contributed by atoms with Gasteiger partial charge in [-0.3, -0.25) is 19.7 Å². The van der Waals surface area contributed by atoms with Crippen molar-refractivity contribution >= 4 is 62.9 Å². The van der Waals surface area contributed by atoms with Gasteiger partial charge in [-0.25, -0.2) is 14.4 Å². The maximum atomic E-state index is 14.5. The molecule has 11 heteroatoms.